The minimum Gasteiger partial charge on any atom is -0.346 e. The predicted molar refractivity (Wildman–Crippen MR) is 96.8 cm³/mol. The first-order chi connectivity index (χ1) is 12.5. The molecule has 0 fully saturated rings. The number of rotatable bonds is 4. The van der Waals surface area contributed by atoms with E-state index >= 15 is 0 Å². The number of hydrogen-bond donors (Lipinski definition) is 2. The molecule has 0 aliphatic heterocycles. The first-order valence-electron chi connectivity index (χ1n) is 7.86. The van der Waals surface area contributed by atoms with E-state index in [9.17, 15) is 8.78 Å². The summed E-state index contributed by atoms with van der Waals surface area (Å²) in [6, 6.07) is 6.89. The molecule has 2 N–H and O–H groups in total. The number of pyridine rings is 1. The van der Waals surface area contributed by atoms with Crippen molar-refractivity contribution in [2.24, 2.45) is 7.05 Å². The lowest BCUT2D eigenvalue weighted by atomic mass is 10.1. The van der Waals surface area contributed by atoms with Gasteiger partial charge in [-0.2, -0.15) is 5.10 Å². The Bertz CT molecular complexity index is 1100. The molecule has 0 bridgehead atoms. The van der Waals surface area contributed by atoms with Gasteiger partial charge in [-0.15, -0.1) is 0 Å². The molecule has 0 saturated carbocycles. The number of nitrogens with one attached hydrogen (secondary N) is 2. The molecule has 8 heteroatoms. The molecule has 0 spiro atoms. The van der Waals surface area contributed by atoms with Crippen LogP contribution in [-0.4, -0.2) is 19.7 Å². The molecule has 0 aliphatic rings. The van der Waals surface area contributed by atoms with Crippen molar-refractivity contribution in [1.29, 1.82) is 0 Å². The van der Waals surface area contributed by atoms with Crippen LogP contribution < -0.4 is 5.32 Å². The smallest absolute Gasteiger partial charge is 0.152 e. The van der Waals surface area contributed by atoms with Crippen LogP contribution in [-0.2, 0) is 13.5 Å². The van der Waals surface area contributed by atoms with Crippen molar-refractivity contribution in [3.05, 3.63) is 70.6 Å². The summed E-state index contributed by atoms with van der Waals surface area (Å²) < 4.78 is 28.8. The van der Waals surface area contributed by atoms with Gasteiger partial charge in [0.05, 0.1) is 10.7 Å². The zero-order chi connectivity index (χ0) is 18.3. The Morgan fingerprint density at radius 2 is 2.08 bits per heavy atom. The van der Waals surface area contributed by atoms with E-state index in [1.54, 1.807) is 24.0 Å². The van der Waals surface area contributed by atoms with Gasteiger partial charge in [-0.25, -0.2) is 13.8 Å². The van der Waals surface area contributed by atoms with Gasteiger partial charge in [0, 0.05) is 49.1 Å². The van der Waals surface area contributed by atoms with Crippen molar-refractivity contribution in [3.63, 3.8) is 0 Å². The van der Waals surface area contributed by atoms with Gasteiger partial charge in [-0.1, -0.05) is 11.6 Å². The molecule has 0 amide bonds. The van der Waals surface area contributed by atoms with Gasteiger partial charge in [-0.3, -0.25) is 4.68 Å². The summed E-state index contributed by atoms with van der Waals surface area (Å²) in [5, 5.41) is 8.63. The Balaban J connectivity index is 1.62. The number of fused-ring (bicyclic) bond motifs is 1. The van der Waals surface area contributed by atoms with Gasteiger partial charge >= 0.3 is 0 Å². The van der Waals surface area contributed by atoms with Crippen molar-refractivity contribution in [1.82, 2.24) is 19.7 Å². The van der Waals surface area contributed by atoms with Crippen molar-refractivity contribution in [2.45, 2.75) is 6.42 Å². The number of aryl methyl sites for hydroxylation is 1. The number of anilines is 2. The first kappa shape index (κ1) is 16.5. The fourth-order valence-electron chi connectivity index (χ4n) is 2.84. The van der Waals surface area contributed by atoms with Crippen LogP contribution in [0.15, 0.2) is 42.7 Å². The van der Waals surface area contributed by atoms with Crippen molar-refractivity contribution >= 4 is 34.1 Å². The lowest BCUT2D eigenvalue weighted by Crippen LogP contribution is -1.99. The van der Waals surface area contributed by atoms with Gasteiger partial charge in [0.15, 0.2) is 5.82 Å². The van der Waals surface area contributed by atoms with Crippen molar-refractivity contribution in [3.8, 4) is 0 Å². The number of nitrogens with zero attached hydrogens (tertiary/aromatic N) is 3. The monoisotopic (exact) mass is 373 g/mol. The largest absolute Gasteiger partial charge is 0.346 e. The number of aromatic amines is 1. The molecule has 4 aromatic rings. The van der Waals surface area contributed by atoms with Crippen LogP contribution in [0.5, 0.6) is 0 Å². The molecule has 0 aliphatic carbocycles. The van der Waals surface area contributed by atoms with Gasteiger partial charge in [0.2, 0.25) is 0 Å². The minimum atomic E-state index is -0.545. The van der Waals surface area contributed by atoms with Gasteiger partial charge in [0.25, 0.3) is 0 Å². The quantitative estimate of drug-likeness (QED) is 0.551. The zero-order valence-electron chi connectivity index (χ0n) is 13.7. The molecule has 0 unspecified atom stereocenters. The van der Waals surface area contributed by atoms with E-state index in [1.165, 1.54) is 0 Å². The standard InChI is InChI=1S/C18H14ClF2N5/c1-26-13(4-10-8-22-18-14(10)5-11(19)9-23-18)7-17(25-26)24-16-6-12(20)2-3-15(16)21/h2-3,5-9H,4H2,1H3,(H,22,23)(H,24,25). The maximum atomic E-state index is 13.8. The second kappa shape index (κ2) is 6.42. The topological polar surface area (TPSA) is 58.5 Å². The molecule has 3 heterocycles. The number of H-pyrrole nitrogens is 1. The van der Waals surface area contributed by atoms with Crippen molar-refractivity contribution in [2.75, 3.05) is 5.32 Å². The fourth-order valence-corrected chi connectivity index (χ4v) is 3.00. The summed E-state index contributed by atoms with van der Waals surface area (Å²) >= 11 is 6.03. The van der Waals surface area contributed by atoms with Gasteiger partial charge in [-0.05, 0) is 23.8 Å². The number of hydrogen-bond acceptors (Lipinski definition) is 3. The third-order valence-electron chi connectivity index (χ3n) is 4.12. The maximum Gasteiger partial charge on any atom is 0.152 e. The normalized spacial score (nSPS) is 11.2. The molecular formula is C18H14ClF2N5. The fraction of sp³-hybridized carbons (Fsp3) is 0.111. The average Bonchev–Trinajstić information content (AvgIpc) is 3.15. The zero-order valence-corrected chi connectivity index (χ0v) is 14.5. The molecule has 26 heavy (non-hydrogen) atoms. The first-order valence-corrected chi connectivity index (χ1v) is 8.24. The van der Waals surface area contributed by atoms with Crippen molar-refractivity contribution < 1.29 is 8.78 Å². The molecular weight excluding hydrogens is 360 g/mol. The van der Waals surface area contributed by atoms with E-state index < -0.39 is 11.6 Å². The van der Waals surface area contributed by atoms with E-state index in [-0.39, 0.29) is 5.69 Å². The van der Waals surface area contributed by atoms with Gasteiger partial charge in [0.1, 0.15) is 17.3 Å². The van der Waals surface area contributed by atoms with E-state index in [2.05, 4.69) is 20.4 Å². The van der Waals surface area contributed by atoms with Crippen LogP contribution >= 0.6 is 11.6 Å². The van der Waals surface area contributed by atoms with E-state index in [0.29, 0.717) is 17.3 Å². The van der Waals surface area contributed by atoms with Crippen LogP contribution in [0.25, 0.3) is 11.0 Å². The number of benzene rings is 1. The summed E-state index contributed by atoms with van der Waals surface area (Å²) in [5.41, 5.74) is 2.70. The van der Waals surface area contributed by atoms with Gasteiger partial charge < -0.3 is 10.3 Å². The van der Waals surface area contributed by atoms with E-state index in [1.807, 2.05) is 12.3 Å². The summed E-state index contributed by atoms with van der Waals surface area (Å²) in [5.74, 6) is -0.632. The molecule has 4 rings (SSSR count). The maximum absolute atomic E-state index is 13.8. The lowest BCUT2D eigenvalue weighted by Gasteiger charge is -2.03. The number of aromatic nitrogens is 4. The summed E-state index contributed by atoms with van der Waals surface area (Å²) in [4.78, 5) is 7.35. The highest BCUT2D eigenvalue weighted by Crippen LogP contribution is 2.25. The Labute approximate surface area is 152 Å². The summed E-state index contributed by atoms with van der Waals surface area (Å²) in [6.07, 6.45) is 4.04. The predicted octanol–water partition coefficient (Wildman–Crippen LogP) is 4.56. The summed E-state index contributed by atoms with van der Waals surface area (Å²) in [7, 11) is 1.79. The molecule has 3 aromatic heterocycles. The SMILES string of the molecule is Cn1nc(Nc2cc(F)ccc2F)cc1Cc1c[nH]c2ncc(Cl)cc12. The van der Waals surface area contributed by atoms with Crippen LogP contribution in [0.3, 0.4) is 0 Å². The van der Waals surface area contributed by atoms with Crippen LogP contribution in [0, 0.1) is 11.6 Å². The highest BCUT2D eigenvalue weighted by atomic mass is 35.5. The summed E-state index contributed by atoms with van der Waals surface area (Å²) in [6.45, 7) is 0. The Hall–Kier alpha value is -2.93. The highest BCUT2D eigenvalue weighted by molar-refractivity contribution is 6.31. The Morgan fingerprint density at radius 1 is 1.23 bits per heavy atom. The van der Waals surface area contributed by atoms with E-state index in [0.717, 1.165) is 40.5 Å². The number of halogens is 3. The van der Waals surface area contributed by atoms with E-state index in [4.69, 9.17) is 11.6 Å². The molecule has 0 radical (unpaired) electrons. The third-order valence-corrected chi connectivity index (χ3v) is 4.33. The third kappa shape index (κ3) is 3.13. The molecule has 5 nitrogen and oxygen atoms in total. The van der Waals surface area contributed by atoms with Crippen LogP contribution in [0.4, 0.5) is 20.3 Å². The Morgan fingerprint density at radius 3 is 2.92 bits per heavy atom. The molecule has 0 saturated heterocycles. The van der Waals surface area contributed by atoms with Crippen LogP contribution in [0.1, 0.15) is 11.3 Å². The highest BCUT2D eigenvalue weighted by Gasteiger charge is 2.12. The molecule has 1 aromatic carbocycles. The second-order valence-corrected chi connectivity index (χ2v) is 6.37. The molecule has 0 atom stereocenters. The molecule has 132 valence electrons. The lowest BCUT2D eigenvalue weighted by molar-refractivity contribution is 0.603. The average molecular weight is 374 g/mol. The minimum absolute atomic E-state index is 0.0396. The Kier molecular flexibility index (Phi) is 4.08. The second-order valence-electron chi connectivity index (χ2n) is 5.93. The van der Waals surface area contributed by atoms with Crippen LogP contribution in [0.2, 0.25) is 5.02 Å².